The highest BCUT2D eigenvalue weighted by Gasteiger charge is 2.35. The van der Waals surface area contributed by atoms with Crippen LogP contribution in [0.1, 0.15) is 45.4 Å². The maximum absolute atomic E-state index is 11.6. The van der Waals surface area contributed by atoms with E-state index in [9.17, 15) is 9.59 Å². The van der Waals surface area contributed by atoms with E-state index in [0.29, 0.717) is 19.3 Å². The van der Waals surface area contributed by atoms with Crippen LogP contribution < -0.4 is 0 Å². The Kier molecular flexibility index (Phi) is 4.97. The Bertz CT molecular complexity index is 296. The van der Waals surface area contributed by atoms with Crippen LogP contribution in [0.15, 0.2) is 0 Å². The molecular weight excluding hydrogens is 204 g/mol. The first-order chi connectivity index (χ1) is 7.74. The van der Waals surface area contributed by atoms with Crippen molar-refractivity contribution in [3.8, 4) is 6.07 Å². The van der Waals surface area contributed by atoms with E-state index in [1.54, 1.807) is 0 Å². The van der Waals surface area contributed by atoms with Crippen molar-refractivity contribution in [3.05, 3.63) is 0 Å². The summed E-state index contributed by atoms with van der Waals surface area (Å²) in [6.45, 7) is 2.09. The maximum atomic E-state index is 11.6. The van der Waals surface area contributed by atoms with Crippen LogP contribution in [-0.2, 0) is 9.59 Å². The fraction of sp³-hybridized carbons (Fsp3) is 0.750. The molecular formula is C12H18N2O2. The molecule has 0 bridgehead atoms. The number of unbranched alkanes of at least 4 members (excludes halogenated alkanes) is 2. The molecule has 1 saturated heterocycles. The van der Waals surface area contributed by atoms with Crippen molar-refractivity contribution in [1.82, 2.24) is 4.90 Å². The van der Waals surface area contributed by atoms with Gasteiger partial charge in [0.1, 0.15) is 12.3 Å². The van der Waals surface area contributed by atoms with Crippen molar-refractivity contribution in [2.75, 3.05) is 0 Å². The third kappa shape index (κ3) is 2.82. The molecule has 1 amide bonds. The van der Waals surface area contributed by atoms with Gasteiger partial charge in [0.25, 0.3) is 0 Å². The summed E-state index contributed by atoms with van der Waals surface area (Å²) in [7, 11) is 0. The summed E-state index contributed by atoms with van der Waals surface area (Å²) in [4.78, 5) is 23.9. The van der Waals surface area contributed by atoms with Gasteiger partial charge in [-0.25, -0.2) is 0 Å². The van der Waals surface area contributed by atoms with Crippen LogP contribution in [0.4, 0.5) is 0 Å². The zero-order valence-electron chi connectivity index (χ0n) is 9.69. The Hall–Kier alpha value is -1.37. The molecule has 0 N–H and O–H groups in total. The largest absolute Gasteiger partial charge is 0.317 e. The Morgan fingerprint density at radius 2 is 2.38 bits per heavy atom. The lowest BCUT2D eigenvalue weighted by molar-refractivity contribution is -0.132. The maximum Gasteiger partial charge on any atom is 0.224 e. The molecule has 0 aromatic heterocycles. The molecule has 1 fully saturated rings. The zero-order chi connectivity index (χ0) is 12.0. The Labute approximate surface area is 96.2 Å². The van der Waals surface area contributed by atoms with Gasteiger partial charge in [-0.15, -0.1) is 0 Å². The molecule has 1 rings (SSSR count). The van der Waals surface area contributed by atoms with Crippen molar-refractivity contribution in [2.45, 2.75) is 57.5 Å². The molecule has 4 nitrogen and oxygen atoms in total. The molecule has 1 aliphatic heterocycles. The topological polar surface area (TPSA) is 61.2 Å². The molecule has 16 heavy (non-hydrogen) atoms. The summed E-state index contributed by atoms with van der Waals surface area (Å²) in [5.74, 6) is -0.0554. The average molecular weight is 222 g/mol. The number of likely N-dealkylation sites (tertiary alicyclic amines) is 1. The van der Waals surface area contributed by atoms with Crippen molar-refractivity contribution in [3.63, 3.8) is 0 Å². The van der Waals surface area contributed by atoms with Gasteiger partial charge in [-0.3, -0.25) is 4.79 Å². The predicted molar refractivity (Wildman–Crippen MR) is 59.5 cm³/mol. The molecule has 4 heteroatoms. The molecule has 1 heterocycles. The van der Waals surface area contributed by atoms with Gasteiger partial charge in [-0.05, 0) is 12.8 Å². The molecule has 2 atom stereocenters. The first-order valence-electron chi connectivity index (χ1n) is 5.90. The highest BCUT2D eigenvalue weighted by molar-refractivity contribution is 5.84. The summed E-state index contributed by atoms with van der Waals surface area (Å²) < 4.78 is 0. The lowest BCUT2D eigenvalue weighted by atomic mass is 10.1. The molecule has 1 aliphatic rings. The van der Waals surface area contributed by atoms with Gasteiger partial charge in [-0.1, -0.05) is 26.2 Å². The van der Waals surface area contributed by atoms with Crippen molar-refractivity contribution in [1.29, 1.82) is 5.26 Å². The van der Waals surface area contributed by atoms with Crippen LogP contribution >= 0.6 is 0 Å². The summed E-state index contributed by atoms with van der Waals surface area (Å²) in [5, 5.41) is 9.06. The molecule has 2 unspecified atom stereocenters. The average Bonchev–Trinajstić information content (AvgIpc) is 2.66. The second-order valence-corrected chi connectivity index (χ2v) is 4.18. The number of hydrogen-bond acceptors (Lipinski definition) is 3. The van der Waals surface area contributed by atoms with Crippen molar-refractivity contribution >= 4 is 12.2 Å². The van der Waals surface area contributed by atoms with Gasteiger partial charge >= 0.3 is 0 Å². The van der Waals surface area contributed by atoms with E-state index in [1.165, 1.54) is 4.90 Å². The van der Waals surface area contributed by atoms with Crippen LogP contribution in [-0.4, -0.2) is 29.2 Å². The fourth-order valence-corrected chi connectivity index (χ4v) is 2.12. The van der Waals surface area contributed by atoms with E-state index < -0.39 is 6.04 Å². The lowest BCUT2D eigenvalue weighted by Crippen LogP contribution is -2.41. The van der Waals surface area contributed by atoms with Gasteiger partial charge < -0.3 is 9.69 Å². The highest BCUT2D eigenvalue weighted by atomic mass is 16.2. The van der Waals surface area contributed by atoms with Gasteiger partial charge in [-0.2, -0.15) is 5.26 Å². The van der Waals surface area contributed by atoms with E-state index in [1.807, 2.05) is 0 Å². The number of nitrogens with zero attached hydrogens (tertiary/aromatic N) is 2. The second-order valence-electron chi connectivity index (χ2n) is 4.18. The normalized spacial score (nSPS) is 21.9. The number of rotatable bonds is 6. The van der Waals surface area contributed by atoms with Gasteiger partial charge in [0.15, 0.2) is 0 Å². The Morgan fingerprint density at radius 3 is 2.94 bits per heavy atom. The molecule has 0 radical (unpaired) electrons. The minimum atomic E-state index is -0.420. The predicted octanol–water partition coefficient (Wildman–Crippen LogP) is 1.65. The molecule has 88 valence electrons. The summed E-state index contributed by atoms with van der Waals surface area (Å²) in [6.07, 6.45) is 5.51. The molecule has 0 saturated carbocycles. The number of aldehydes is 1. The lowest BCUT2D eigenvalue weighted by Gasteiger charge is -2.25. The SMILES string of the molecule is CCCCCC(C#N)N1C(=O)CCC1C=O. The van der Waals surface area contributed by atoms with Gasteiger partial charge in [0, 0.05) is 6.42 Å². The molecule has 0 aromatic rings. The van der Waals surface area contributed by atoms with Crippen LogP contribution in [0.25, 0.3) is 0 Å². The monoisotopic (exact) mass is 222 g/mol. The second kappa shape index (κ2) is 6.26. The summed E-state index contributed by atoms with van der Waals surface area (Å²) in [6, 6.07) is 1.35. The third-order valence-corrected chi connectivity index (χ3v) is 3.02. The Balaban J connectivity index is 2.60. The van der Waals surface area contributed by atoms with Crippen LogP contribution in [0, 0.1) is 11.3 Å². The molecule has 0 aromatic carbocycles. The van der Waals surface area contributed by atoms with Crippen molar-refractivity contribution < 1.29 is 9.59 Å². The smallest absolute Gasteiger partial charge is 0.224 e. The quantitative estimate of drug-likeness (QED) is 0.507. The Morgan fingerprint density at radius 1 is 1.62 bits per heavy atom. The van der Waals surface area contributed by atoms with Crippen LogP contribution in [0.3, 0.4) is 0 Å². The van der Waals surface area contributed by atoms with E-state index in [-0.39, 0.29) is 11.9 Å². The van der Waals surface area contributed by atoms with Crippen LogP contribution in [0.2, 0.25) is 0 Å². The minimum absolute atomic E-state index is 0.0554. The zero-order valence-corrected chi connectivity index (χ0v) is 9.69. The van der Waals surface area contributed by atoms with E-state index in [0.717, 1.165) is 25.5 Å². The summed E-state index contributed by atoms with van der Waals surface area (Å²) in [5.41, 5.74) is 0. The van der Waals surface area contributed by atoms with Crippen molar-refractivity contribution in [2.24, 2.45) is 0 Å². The highest BCUT2D eigenvalue weighted by Crippen LogP contribution is 2.22. The number of hydrogen-bond donors (Lipinski definition) is 0. The van der Waals surface area contributed by atoms with Gasteiger partial charge in [0.2, 0.25) is 5.91 Å². The number of carbonyl (C=O) groups excluding carboxylic acids is 2. The molecule has 0 aliphatic carbocycles. The van der Waals surface area contributed by atoms with E-state index in [2.05, 4.69) is 13.0 Å². The third-order valence-electron chi connectivity index (χ3n) is 3.02. The summed E-state index contributed by atoms with van der Waals surface area (Å²) >= 11 is 0. The standard InChI is InChI=1S/C12H18N2O2/c1-2-3-4-5-10(8-13)14-11(9-15)6-7-12(14)16/h9-11H,2-7H2,1H3. The van der Waals surface area contributed by atoms with E-state index >= 15 is 0 Å². The number of carbonyl (C=O) groups is 2. The first-order valence-corrected chi connectivity index (χ1v) is 5.90. The first kappa shape index (κ1) is 12.7. The van der Waals surface area contributed by atoms with Crippen LogP contribution in [0.5, 0.6) is 0 Å². The van der Waals surface area contributed by atoms with E-state index in [4.69, 9.17) is 5.26 Å². The number of nitriles is 1. The van der Waals surface area contributed by atoms with Gasteiger partial charge in [0.05, 0.1) is 12.1 Å². The fourth-order valence-electron chi connectivity index (χ4n) is 2.12. The minimum Gasteiger partial charge on any atom is -0.317 e. The molecule has 0 spiro atoms. The number of amides is 1.